The molecule has 1 rings (SSSR count). The summed E-state index contributed by atoms with van der Waals surface area (Å²) in [6.45, 7) is 11.3. The van der Waals surface area contributed by atoms with Crippen LogP contribution >= 0.6 is 0 Å². The number of carbonyl (C=O) groups excluding carboxylic acids is 1. The molecule has 2 atom stereocenters. The molecular weight excluding hydrogens is 200 g/mol. The van der Waals surface area contributed by atoms with Crippen LogP contribution in [0.4, 0.5) is 4.79 Å². The normalized spacial score (nSPS) is 23.0. The van der Waals surface area contributed by atoms with Crippen molar-refractivity contribution in [3.8, 4) is 0 Å². The standard InChI is InChI=1S/C13H26N2O/c1-5-12(4)15(6-2)13(16)14-9-7-8-11(3)10-14/h11-12H,5-10H2,1-4H3. The Morgan fingerprint density at radius 3 is 2.69 bits per heavy atom. The van der Waals surface area contributed by atoms with Gasteiger partial charge in [0.25, 0.3) is 0 Å². The first-order valence-corrected chi connectivity index (χ1v) is 6.65. The van der Waals surface area contributed by atoms with E-state index in [1.165, 1.54) is 6.42 Å². The molecule has 0 aliphatic carbocycles. The van der Waals surface area contributed by atoms with Gasteiger partial charge in [0, 0.05) is 25.7 Å². The topological polar surface area (TPSA) is 23.6 Å². The van der Waals surface area contributed by atoms with E-state index in [-0.39, 0.29) is 6.03 Å². The minimum atomic E-state index is 0.239. The number of piperidine rings is 1. The Hall–Kier alpha value is -0.730. The largest absolute Gasteiger partial charge is 0.324 e. The van der Waals surface area contributed by atoms with Gasteiger partial charge in [0.1, 0.15) is 0 Å². The average molecular weight is 226 g/mol. The number of nitrogens with zero attached hydrogens (tertiary/aromatic N) is 2. The maximum Gasteiger partial charge on any atom is 0.320 e. The number of likely N-dealkylation sites (tertiary alicyclic amines) is 1. The van der Waals surface area contributed by atoms with Crippen molar-refractivity contribution in [2.75, 3.05) is 19.6 Å². The van der Waals surface area contributed by atoms with Gasteiger partial charge in [-0.3, -0.25) is 0 Å². The van der Waals surface area contributed by atoms with Crippen LogP contribution in [0.15, 0.2) is 0 Å². The molecule has 0 aromatic heterocycles. The zero-order chi connectivity index (χ0) is 12.1. The van der Waals surface area contributed by atoms with Crippen molar-refractivity contribution >= 4 is 6.03 Å². The van der Waals surface area contributed by atoms with Crippen LogP contribution < -0.4 is 0 Å². The van der Waals surface area contributed by atoms with Crippen LogP contribution in [0.5, 0.6) is 0 Å². The molecule has 16 heavy (non-hydrogen) atoms. The highest BCUT2D eigenvalue weighted by atomic mass is 16.2. The van der Waals surface area contributed by atoms with Crippen LogP contribution in [0, 0.1) is 5.92 Å². The minimum Gasteiger partial charge on any atom is -0.324 e. The quantitative estimate of drug-likeness (QED) is 0.725. The lowest BCUT2D eigenvalue weighted by atomic mass is 10.0. The molecule has 2 amide bonds. The molecule has 94 valence electrons. The SMILES string of the molecule is CCC(C)N(CC)C(=O)N1CCCC(C)C1. The van der Waals surface area contributed by atoms with Crippen LogP contribution in [0.25, 0.3) is 0 Å². The Labute approximate surface area is 99.8 Å². The van der Waals surface area contributed by atoms with Gasteiger partial charge >= 0.3 is 6.03 Å². The van der Waals surface area contributed by atoms with Gasteiger partial charge in [-0.1, -0.05) is 13.8 Å². The van der Waals surface area contributed by atoms with Gasteiger partial charge in [0.2, 0.25) is 0 Å². The Morgan fingerprint density at radius 2 is 2.19 bits per heavy atom. The van der Waals surface area contributed by atoms with E-state index >= 15 is 0 Å². The van der Waals surface area contributed by atoms with Crippen molar-refractivity contribution in [2.45, 2.75) is 53.0 Å². The Morgan fingerprint density at radius 1 is 1.50 bits per heavy atom. The van der Waals surface area contributed by atoms with Gasteiger partial charge in [0.05, 0.1) is 0 Å². The summed E-state index contributed by atoms with van der Waals surface area (Å²) in [6.07, 6.45) is 3.45. The number of amides is 2. The first-order chi connectivity index (χ1) is 7.60. The second-order valence-electron chi connectivity index (χ2n) is 5.02. The molecule has 0 N–H and O–H groups in total. The molecular formula is C13H26N2O. The van der Waals surface area contributed by atoms with Crippen molar-refractivity contribution in [3.63, 3.8) is 0 Å². The predicted octanol–water partition coefficient (Wildman–Crippen LogP) is 2.96. The van der Waals surface area contributed by atoms with Gasteiger partial charge < -0.3 is 9.80 Å². The van der Waals surface area contributed by atoms with Crippen LogP contribution in [-0.2, 0) is 0 Å². The average Bonchev–Trinajstić information content (AvgIpc) is 2.29. The van der Waals surface area contributed by atoms with Gasteiger partial charge in [-0.25, -0.2) is 4.79 Å². The van der Waals surface area contributed by atoms with Gasteiger partial charge in [-0.2, -0.15) is 0 Å². The lowest BCUT2D eigenvalue weighted by Gasteiger charge is -2.37. The fraction of sp³-hybridized carbons (Fsp3) is 0.923. The van der Waals surface area contributed by atoms with Crippen molar-refractivity contribution in [1.82, 2.24) is 9.80 Å². The third-order valence-electron chi connectivity index (χ3n) is 3.64. The Kier molecular flexibility index (Phi) is 5.10. The third kappa shape index (κ3) is 3.13. The van der Waals surface area contributed by atoms with E-state index in [9.17, 15) is 4.79 Å². The van der Waals surface area contributed by atoms with Crippen molar-refractivity contribution in [3.05, 3.63) is 0 Å². The van der Waals surface area contributed by atoms with Crippen molar-refractivity contribution in [1.29, 1.82) is 0 Å². The van der Waals surface area contributed by atoms with Crippen LogP contribution in [0.2, 0.25) is 0 Å². The summed E-state index contributed by atoms with van der Waals surface area (Å²) >= 11 is 0. The van der Waals surface area contributed by atoms with Gasteiger partial charge in [0.15, 0.2) is 0 Å². The monoisotopic (exact) mass is 226 g/mol. The second kappa shape index (κ2) is 6.12. The highest BCUT2D eigenvalue weighted by Crippen LogP contribution is 2.18. The molecule has 0 radical (unpaired) electrons. The summed E-state index contributed by atoms with van der Waals surface area (Å²) < 4.78 is 0. The molecule has 0 spiro atoms. The Bertz CT molecular complexity index is 230. The smallest absolute Gasteiger partial charge is 0.320 e. The molecule has 0 aromatic carbocycles. The van der Waals surface area contributed by atoms with Crippen LogP contribution in [0.3, 0.4) is 0 Å². The first-order valence-electron chi connectivity index (χ1n) is 6.65. The molecule has 3 heteroatoms. The van der Waals surface area contributed by atoms with E-state index in [2.05, 4.69) is 27.7 Å². The second-order valence-corrected chi connectivity index (χ2v) is 5.02. The number of carbonyl (C=O) groups is 1. The van der Waals surface area contributed by atoms with Gasteiger partial charge in [-0.05, 0) is 39.0 Å². The zero-order valence-electron chi connectivity index (χ0n) is 11.2. The molecule has 1 fully saturated rings. The molecule has 1 aliphatic rings. The summed E-state index contributed by atoms with van der Waals surface area (Å²) in [7, 11) is 0. The highest BCUT2D eigenvalue weighted by Gasteiger charge is 2.26. The van der Waals surface area contributed by atoms with Crippen molar-refractivity contribution in [2.24, 2.45) is 5.92 Å². The molecule has 3 nitrogen and oxygen atoms in total. The molecule has 1 heterocycles. The van der Waals surface area contributed by atoms with E-state index in [1.54, 1.807) is 0 Å². The van der Waals surface area contributed by atoms with E-state index in [1.807, 2.05) is 9.80 Å². The molecule has 0 bridgehead atoms. The van der Waals surface area contributed by atoms with E-state index in [0.717, 1.165) is 32.5 Å². The maximum absolute atomic E-state index is 12.3. The molecule has 1 saturated heterocycles. The van der Waals surface area contributed by atoms with E-state index in [0.29, 0.717) is 12.0 Å². The number of urea groups is 1. The third-order valence-corrected chi connectivity index (χ3v) is 3.64. The summed E-state index contributed by atoms with van der Waals surface area (Å²) in [5.41, 5.74) is 0. The van der Waals surface area contributed by atoms with E-state index in [4.69, 9.17) is 0 Å². The van der Waals surface area contributed by atoms with E-state index < -0.39 is 0 Å². The number of hydrogen-bond acceptors (Lipinski definition) is 1. The molecule has 1 aliphatic heterocycles. The summed E-state index contributed by atoms with van der Waals surface area (Å²) in [4.78, 5) is 16.4. The summed E-state index contributed by atoms with van der Waals surface area (Å²) in [5.74, 6) is 0.660. The number of rotatable bonds is 3. The first kappa shape index (κ1) is 13.3. The fourth-order valence-corrected chi connectivity index (χ4v) is 2.40. The summed E-state index contributed by atoms with van der Waals surface area (Å²) in [5, 5.41) is 0. The lowest BCUT2D eigenvalue weighted by Crippen LogP contribution is -2.50. The van der Waals surface area contributed by atoms with Crippen molar-refractivity contribution < 1.29 is 4.79 Å². The predicted molar refractivity (Wildman–Crippen MR) is 67.5 cm³/mol. The maximum atomic E-state index is 12.3. The lowest BCUT2D eigenvalue weighted by molar-refractivity contribution is 0.119. The van der Waals surface area contributed by atoms with Gasteiger partial charge in [-0.15, -0.1) is 0 Å². The zero-order valence-corrected chi connectivity index (χ0v) is 11.2. The van der Waals surface area contributed by atoms with Crippen LogP contribution in [-0.4, -0.2) is 41.5 Å². The molecule has 0 aromatic rings. The highest BCUT2D eigenvalue weighted by molar-refractivity contribution is 5.74. The number of hydrogen-bond donors (Lipinski definition) is 0. The van der Waals surface area contributed by atoms with Crippen LogP contribution in [0.1, 0.15) is 47.0 Å². The molecule has 0 saturated carbocycles. The molecule has 2 unspecified atom stereocenters. The Balaban J connectivity index is 2.59. The summed E-state index contributed by atoms with van der Waals surface area (Å²) in [6, 6.07) is 0.595. The fourth-order valence-electron chi connectivity index (χ4n) is 2.40. The minimum absolute atomic E-state index is 0.239.